The minimum atomic E-state index is 0.223. The van der Waals surface area contributed by atoms with Gasteiger partial charge in [0.25, 0.3) is 0 Å². The Labute approximate surface area is 165 Å². The fourth-order valence-electron chi connectivity index (χ4n) is 3.55. The molecular weight excluding hydrogens is 358 g/mol. The molecule has 2 atom stereocenters. The van der Waals surface area contributed by atoms with Crippen molar-refractivity contribution in [2.45, 2.75) is 37.0 Å². The first-order valence-corrected chi connectivity index (χ1v) is 10.8. The fourth-order valence-corrected chi connectivity index (χ4v) is 4.73. The second-order valence-corrected chi connectivity index (χ2v) is 8.36. The first kappa shape index (κ1) is 18.3. The molecule has 144 valence electrons. The van der Waals surface area contributed by atoms with Crippen molar-refractivity contribution in [1.29, 1.82) is 0 Å². The summed E-state index contributed by atoms with van der Waals surface area (Å²) in [4.78, 5) is 4.89. The van der Waals surface area contributed by atoms with Gasteiger partial charge in [-0.25, -0.2) is 0 Å². The number of guanidine groups is 1. The van der Waals surface area contributed by atoms with Gasteiger partial charge in [0.15, 0.2) is 5.96 Å². The minimum Gasteiger partial charge on any atom is -0.493 e. The predicted octanol–water partition coefficient (Wildman–Crippen LogP) is 3.78. The van der Waals surface area contributed by atoms with Gasteiger partial charge in [-0.1, -0.05) is 18.2 Å². The number of rotatable bonds is 6. The van der Waals surface area contributed by atoms with Gasteiger partial charge in [-0.15, -0.1) is 0 Å². The summed E-state index contributed by atoms with van der Waals surface area (Å²) in [5, 5.41) is 7.77. The monoisotopic (exact) mass is 385 g/mol. The first-order valence-electron chi connectivity index (χ1n) is 9.79. The Balaban J connectivity index is 1.41. The van der Waals surface area contributed by atoms with Gasteiger partial charge in [-0.05, 0) is 36.8 Å². The molecule has 0 aliphatic carbocycles. The highest BCUT2D eigenvalue weighted by Gasteiger charge is 2.22. The van der Waals surface area contributed by atoms with E-state index in [-0.39, 0.29) is 6.04 Å². The van der Waals surface area contributed by atoms with Gasteiger partial charge in [0, 0.05) is 30.2 Å². The molecule has 2 aromatic rings. The lowest BCUT2D eigenvalue weighted by molar-refractivity contribution is 0.261. The summed E-state index contributed by atoms with van der Waals surface area (Å²) in [5.41, 5.74) is 1.21. The van der Waals surface area contributed by atoms with E-state index in [1.165, 1.54) is 24.2 Å². The van der Waals surface area contributed by atoms with E-state index >= 15 is 0 Å². The van der Waals surface area contributed by atoms with Crippen LogP contribution in [0.25, 0.3) is 0 Å². The molecule has 2 unspecified atom stereocenters. The lowest BCUT2D eigenvalue weighted by atomic mass is 10.0. The molecule has 3 heterocycles. The number of benzene rings is 1. The molecule has 4 rings (SSSR count). The summed E-state index contributed by atoms with van der Waals surface area (Å²) in [6, 6.07) is 12.4. The van der Waals surface area contributed by atoms with Gasteiger partial charge in [0.05, 0.1) is 25.5 Å². The molecule has 0 amide bonds. The van der Waals surface area contributed by atoms with Crippen molar-refractivity contribution in [3.8, 4) is 5.75 Å². The van der Waals surface area contributed by atoms with E-state index in [9.17, 15) is 0 Å². The zero-order valence-corrected chi connectivity index (χ0v) is 16.3. The average molecular weight is 386 g/mol. The number of thioether (sulfide) groups is 1. The summed E-state index contributed by atoms with van der Waals surface area (Å²) in [6.07, 6.45) is 6.09. The summed E-state index contributed by atoms with van der Waals surface area (Å²) in [6.45, 7) is 2.39. The molecule has 27 heavy (non-hydrogen) atoms. The Bertz CT molecular complexity index is 742. The van der Waals surface area contributed by atoms with Crippen molar-refractivity contribution in [2.24, 2.45) is 4.99 Å². The van der Waals surface area contributed by atoms with Crippen molar-refractivity contribution in [3.63, 3.8) is 0 Å². The summed E-state index contributed by atoms with van der Waals surface area (Å²) in [7, 11) is 0. The molecular formula is C21H27N3O2S. The number of furan rings is 1. The van der Waals surface area contributed by atoms with Crippen molar-refractivity contribution in [1.82, 2.24) is 10.6 Å². The normalized spacial score (nSPS) is 22.1. The zero-order valence-electron chi connectivity index (χ0n) is 15.5. The van der Waals surface area contributed by atoms with E-state index in [0.29, 0.717) is 5.25 Å². The summed E-state index contributed by atoms with van der Waals surface area (Å²) in [5.74, 6) is 4.12. The minimum absolute atomic E-state index is 0.223. The van der Waals surface area contributed by atoms with Crippen LogP contribution in [0.5, 0.6) is 5.75 Å². The van der Waals surface area contributed by atoms with Crippen LogP contribution in [0.15, 0.2) is 52.1 Å². The fraction of sp³-hybridized carbons (Fsp3) is 0.476. The quantitative estimate of drug-likeness (QED) is 0.585. The molecule has 6 heteroatoms. The number of hydrogen-bond donors (Lipinski definition) is 2. The van der Waals surface area contributed by atoms with Crippen molar-refractivity contribution < 1.29 is 9.15 Å². The average Bonchev–Trinajstić information content (AvgIpc) is 3.40. The van der Waals surface area contributed by atoms with E-state index < -0.39 is 0 Å². The van der Waals surface area contributed by atoms with Crippen LogP contribution in [-0.2, 0) is 6.42 Å². The van der Waals surface area contributed by atoms with Crippen LogP contribution in [-0.4, -0.2) is 36.7 Å². The van der Waals surface area contributed by atoms with Crippen molar-refractivity contribution in [3.05, 3.63) is 54.0 Å². The number of nitrogens with zero attached hydrogens (tertiary/aromatic N) is 1. The Morgan fingerprint density at radius 3 is 3.00 bits per heavy atom. The molecule has 2 aliphatic rings. The first-order chi connectivity index (χ1) is 13.4. The van der Waals surface area contributed by atoms with E-state index in [0.717, 1.165) is 50.0 Å². The predicted molar refractivity (Wildman–Crippen MR) is 111 cm³/mol. The Kier molecular flexibility index (Phi) is 6.25. The highest BCUT2D eigenvalue weighted by Crippen LogP contribution is 2.31. The highest BCUT2D eigenvalue weighted by molar-refractivity contribution is 8.00. The number of fused-ring (bicyclic) bond motifs is 1. The topological polar surface area (TPSA) is 58.8 Å². The van der Waals surface area contributed by atoms with E-state index in [1.54, 1.807) is 6.26 Å². The molecule has 0 radical (unpaired) electrons. The maximum atomic E-state index is 5.79. The summed E-state index contributed by atoms with van der Waals surface area (Å²) >= 11 is 2.04. The lowest BCUT2D eigenvalue weighted by Crippen LogP contribution is -2.42. The van der Waals surface area contributed by atoms with E-state index in [4.69, 9.17) is 14.1 Å². The number of aliphatic imine (C=N–C) groups is 1. The SMILES string of the molecule is c1coc(CCNC(=NCC2CCCS2)NC2CCOc3ccccc32)c1. The number of para-hydroxylation sites is 1. The molecule has 1 aromatic carbocycles. The molecule has 2 N–H and O–H groups in total. The standard InChI is InChI=1S/C21H27N3O2S/c1-2-8-20-18(7-1)19(10-13-26-20)24-21(23-15-17-6-4-14-27-17)22-11-9-16-5-3-12-25-16/h1-3,5,7-8,12,17,19H,4,6,9-11,13-15H2,(H2,22,23,24). The van der Waals surface area contributed by atoms with Gasteiger partial charge in [-0.3, -0.25) is 4.99 Å². The Morgan fingerprint density at radius 1 is 1.19 bits per heavy atom. The Morgan fingerprint density at radius 2 is 2.15 bits per heavy atom. The Hall–Kier alpha value is -2.08. The third kappa shape index (κ3) is 5.01. The molecule has 0 bridgehead atoms. The molecule has 5 nitrogen and oxygen atoms in total. The smallest absolute Gasteiger partial charge is 0.191 e. The van der Waals surface area contributed by atoms with Crippen LogP contribution in [0.1, 0.15) is 36.6 Å². The van der Waals surface area contributed by atoms with Gasteiger partial charge in [-0.2, -0.15) is 11.8 Å². The third-order valence-corrected chi connectivity index (χ3v) is 6.37. The molecule has 1 saturated heterocycles. The number of hydrogen-bond acceptors (Lipinski definition) is 4. The van der Waals surface area contributed by atoms with Crippen LogP contribution < -0.4 is 15.4 Å². The van der Waals surface area contributed by atoms with Crippen LogP contribution >= 0.6 is 11.8 Å². The van der Waals surface area contributed by atoms with Crippen molar-refractivity contribution >= 4 is 17.7 Å². The lowest BCUT2D eigenvalue weighted by Gasteiger charge is -2.28. The molecule has 2 aliphatic heterocycles. The van der Waals surface area contributed by atoms with E-state index in [1.807, 2.05) is 36.0 Å². The van der Waals surface area contributed by atoms with Crippen LogP contribution in [0.4, 0.5) is 0 Å². The molecule has 1 fully saturated rings. The number of ether oxygens (including phenoxy) is 1. The van der Waals surface area contributed by atoms with Crippen LogP contribution in [0.2, 0.25) is 0 Å². The maximum absolute atomic E-state index is 5.79. The largest absolute Gasteiger partial charge is 0.493 e. The molecule has 0 saturated carbocycles. The second kappa shape index (κ2) is 9.22. The number of nitrogens with one attached hydrogen (secondary N) is 2. The third-order valence-electron chi connectivity index (χ3n) is 4.99. The molecule has 0 spiro atoms. The summed E-state index contributed by atoms with van der Waals surface area (Å²) < 4.78 is 11.2. The van der Waals surface area contributed by atoms with Crippen LogP contribution in [0, 0.1) is 0 Å². The maximum Gasteiger partial charge on any atom is 0.191 e. The van der Waals surface area contributed by atoms with Crippen molar-refractivity contribution in [2.75, 3.05) is 25.4 Å². The highest BCUT2D eigenvalue weighted by atomic mass is 32.2. The molecule has 1 aromatic heterocycles. The van der Waals surface area contributed by atoms with Gasteiger partial charge < -0.3 is 19.8 Å². The van der Waals surface area contributed by atoms with Gasteiger partial charge in [0.2, 0.25) is 0 Å². The van der Waals surface area contributed by atoms with Crippen LogP contribution in [0.3, 0.4) is 0 Å². The zero-order chi connectivity index (χ0) is 18.3. The second-order valence-electron chi connectivity index (χ2n) is 6.95. The van der Waals surface area contributed by atoms with Gasteiger partial charge in [0.1, 0.15) is 11.5 Å². The van der Waals surface area contributed by atoms with Gasteiger partial charge >= 0.3 is 0 Å². The van der Waals surface area contributed by atoms with E-state index in [2.05, 4.69) is 22.8 Å².